The van der Waals surface area contributed by atoms with Crippen LogP contribution < -0.4 is 5.32 Å². The van der Waals surface area contributed by atoms with Crippen molar-refractivity contribution in [3.63, 3.8) is 0 Å². The minimum atomic E-state index is 0.509. The first kappa shape index (κ1) is 14.8. The highest BCUT2D eigenvalue weighted by Crippen LogP contribution is 2.24. The van der Waals surface area contributed by atoms with E-state index in [2.05, 4.69) is 74.6 Å². The molecule has 0 aromatic heterocycles. The molecule has 1 heteroatoms. The fraction of sp³-hybridized carbons (Fsp3) is 0.368. The van der Waals surface area contributed by atoms with Crippen LogP contribution in [0.25, 0.3) is 11.1 Å². The lowest BCUT2D eigenvalue weighted by Crippen LogP contribution is -2.22. The van der Waals surface area contributed by atoms with Crippen molar-refractivity contribution in [2.24, 2.45) is 0 Å². The second kappa shape index (κ2) is 7.25. The van der Waals surface area contributed by atoms with Gasteiger partial charge in [0.2, 0.25) is 0 Å². The molecule has 0 aliphatic heterocycles. The van der Waals surface area contributed by atoms with Gasteiger partial charge < -0.3 is 5.32 Å². The van der Waals surface area contributed by atoms with E-state index in [0.29, 0.717) is 6.04 Å². The maximum absolute atomic E-state index is 3.50. The molecule has 2 rings (SSSR count). The van der Waals surface area contributed by atoms with Gasteiger partial charge in [-0.1, -0.05) is 75.7 Å². The van der Waals surface area contributed by atoms with Gasteiger partial charge in [-0.2, -0.15) is 0 Å². The summed E-state index contributed by atoms with van der Waals surface area (Å²) in [4.78, 5) is 0. The molecule has 0 fully saturated rings. The van der Waals surface area contributed by atoms with Crippen LogP contribution in [0.3, 0.4) is 0 Å². The van der Waals surface area contributed by atoms with Crippen LogP contribution >= 0.6 is 0 Å². The third-order valence-electron chi connectivity index (χ3n) is 3.52. The van der Waals surface area contributed by atoms with E-state index in [9.17, 15) is 0 Å². The maximum atomic E-state index is 3.50. The molecule has 20 heavy (non-hydrogen) atoms. The van der Waals surface area contributed by atoms with Crippen LogP contribution in [-0.2, 0) is 13.0 Å². The molecule has 2 aromatic carbocycles. The minimum Gasteiger partial charge on any atom is -0.310 e. The summed E-state index contributed by atoms with van der Waals surface area (Å²) in [7, 11) is 0. The lowest BCUT2D eigenvalue weighted by atomic mass is 9.98. The zero-order chi connectivity index (χ0) is 14.4. The third-order valence-corrected chi connectivity index (χ3v) is 3.52. The van der Waals surface area contributed by atoms with Gasteiger partial charge in [0.05, 0.1) is 0 Å². The lowest BCUT2D eigenvalue weighted by molar-refractivity contribution is 0.589. The highest BCUT2D eigenvalue weighted by atomic mass is 14.9. The van der Waals surface area contributed by atoms with Crippen molar-refractivity contribution in [1.29, 1.82) is 0 Å². The van der Waals surface area contributed by atoms with Crippen molar-refractivity contribution >= 4 is 0 Å². The summed E-state index contributed by atoms with van der Waals surface area (Å²) in [6, 6.07) is 18.2. The Morgan fingerprint density at radius 3 is 2.30 bits per heavy atom. The molecule has 0 unspecified atom stereocenters. The SMILES string of the molecule is CCCc1ccc(-c2ccccc2CNC(C)C)cc1. The van der Waals surface area contributed by atoms with E-state index in [1.165, 1.54) is 28.7 Å². The Morgan fingerprint density at radius 1 is 0.950 bits per heavy atom. The Kier molecular flexibility index (Phi) is 5.37. The highest BCUT2D eigenvalue weighted by molar-refractivity contribution is 5.67. The van der Waals surface area contributed by atoms with Gasteiger partial charge >= 0.3 is 0 Å². The Labute approximate surface area is 123 Å². The van der Waals surface area contributed by atoms with Crippen LogP contribution in [0.15, 0.2) is 48.5 Å². The number of hydrogen-bond acceptors (Lipinski definition) is 1. The largest absolute Gasteiger partial charge is 0.310 e. The van der Waals surface area contributed by atoms with Gasteiger partial charge in [-0.25, -0.2) is 0 Å². The average molecular weight is 267 g/mol. The Hall–Kier alpha value is -1.60. The first-order chi connectivity index (χ1) is 9.70. The third kappa shape index (κ3) is 3.94. The summed E-state index contributed by atoms with van der Waals surface area (Å²) in [6.45, 7) is 7.51. The van der Waals surface area contributed by atoms with Crippen molar-refractivity contribution in [2.45, 2.75) is 46.2 Å². The molecule has 0 spiro atoms. The highest BCUT2D eigenvalue weighted by Gasteiger charge is 2.05. The van der Waals surface area contributed by atoms with E-state index in [4.69, 9.17) is 0 Å². The first-order valence-electron chi connectivity index (χ1n) is 7.61. The molecule has 0 atom stereocenters. The van der Waals surface area contributed by atoms with Crippen molar-refractivity contribution in [3.05, 3.63) is 59.7 Å². The number of hydrogen-bond donors (Lipinski definition) is 1. The second-order valence-corrected chi connectivity index (χ2v) is 5.64. The molecule has 106 valence electrons. The summed E-state index contributed by atoms with van der Waals surface area (Å²) in [5, 5.41) is 3.50. The van der Waals surface area contributed by atoms with E-state index in [1.807, 2.05) is 0 Å². The Morgan fingerprint density at radius 2 is 1.65 bits per heavy atom. The molecule has 1 nitrogen and oxygen atoms in total. The summed E-state index contributed by atoms with van der Waals surface area (Å²) < 4.78 is 0. The Balaban J connectivity index is 2.22. The molecular formula is C19H25N. The molecule has 0 radical (unpaired) electrons. The van der Waals surface area contributed by atoms with Crippen molar-refractivity contribution in [3.8, 4) is 11.1 Å². The summed E-state index contributed by atoms with van der Waals surface area (Å²) in [5.74, 6) is 0. The van der Waals surface area contributed by atoms with Crippen molar-refractivity contribution < 1.29 is 0 Å². The number of aryl methyl sites for hydroxylation is 1. The van der Waals surface area contributed by atoms with Crippen LogP contribution in [0.4, 0.5) is 0 Å². The summed E-state index contributed by atoms with van der Waals surface area (Å²) in [6.07, 6.45) is 2.37. The average Bonchev–Trinajstić information content (AvgIpc) is 2.47. The van der Waals surface area contributed by atoms with Crippen molar-refractivity contribution in [1.82, 2.24) is 5.32 Å². The number of nitrogens with one attached hydrogen (secondary N) is 1. The molecule has 0 heterocycles. The van der Waals surface area contributed by atoms with Gasteiger partial charge in [0, 0.05) is 12.6 Å². The maximum Gasteiger partial charge on any atom is 0.0214 e. The molecule has 0 aliphatic rings. The zero-order valence-corrected chi connectivity index (χ0v) is 12.8. The standard InChI is InChI=1S/C19H25N/c1-4-7-16-10-12-17(13-11-16)19-9-6-5-8-18(19)14-20-15(2)3/h5-6,8-13,15,20H,4,7,14H2,1-3H3. The Bertz CT molecular complexity index is 526. The molecule has 0 saturated heterocycles. The molecular weight excluding hydrogens is 242 g/mol. The predicted molar refractivity (Wildman–Crippen MR) is 87.8 cm³/mol. The topological polar surface area (TPSA) is 12.0 Å². The van der Waals surface area contributed by atoms with E-state index in [0.717, 1.165) is 13.0 Å². The fourth-order valence-corrected chi connectivity index (χ4v) is 2.41. The monoisotopic (exact) mass is 267 g/mol. The van der Waals surface area contributed by atoms with Gasteiger partial charge in [0.15, 0.2) is 0 Å². The predicted octanol–water partition coefficient (Wildman–Crippen LogP) is 4.80. The zero-order valence-electron chi connectivity index (χ0n) is 12.8. The van der Waals surface area contributed by atoms with Gasteiger partial charge in [-0.05, 0) is 28.7 Å². The first-order valence-corrected chi connectivity index (χ1v) is 7.61. The normalized spacial score (nSPS) is 11.0. The van der Waals surface area contributed by atoms with E-state index in [-0.39, 0.29) is 0 Å². The number of rotatable bonds is 6. The van der Waals surface area contributed by atoms with Gasteiger partial charge in [-0.15, -0.1) is 0 Å². The minimum absolute atomic E-state index is 0.509. The molecule has 1 N–H and O–H groups in total. The van der Waals surface area contributed by atoms with Gasteiger partial charge in [0.25, 0.3) is 0 Å². The molecule has 0 amide bonds. The van der Waals surface area contributed by atoms with E-state index < -0.39 is 0 Å². The molecule has 0 saturated carbocycles. The molecule has 0 bridgehead atoms. The van der Waals surface area contributed by atoms with Gasteiger partial charge in [-0.3, -0.25) is 0 Å². The fourth-order valence-electron chi connectivity index (χ4n) is 2.41. The summed E-state index contributed by atoms with van der Waals surface area (Å²) >= 11 is 0. The van der Waals surface area contributed by atoms with E-state index in [1.54, 1.807) is 0 Å². The van der Waals surface area contributed by atoms with Crippen LogP contribution in [0.1, 0.15) is 38.3 Å². The molecule has 2 aromatic rings. The summed E-state index contributed by atoms with van der Waals surface area (Å²) in [5.41, 5.74) is 5.44. The second-order valence-electron chi connectivity index (χ2n) is 5.64. The molecule has 0 aliphatic carbocycles. The number of benzene rings is 2. The lowest BCUT2D eigenvalue weighted by Gasteiger charge is -2.13. The van der Waals surface area contributed by atoms with Crippen LogP contribution in [0.5, 0.6) is 0 Å². The van der Waals surface area contributed by atoms with E-state index >= 15 is 0 Å². The quantitative estimate of drug-likeness (QED) is 0.792. The van der Waals surface area contributed by atoms with Gasteiger partial charge in [0.1, 0.15) is 0 Å². The van der Waals surface area contributed by atoms with Crippen molar-refractivity contribution in [2.75, 3.05) is 0 Å². The van der Waals surface area contributed by atoms with Crippen LogP contribution in [-0.4, -0.2) is 6.04 Å². The van der Waals surface area contributed by atoms with Crippen LogP contribution in [0.2, 0.25) is 0 Å². The smallest absolute Gasteiger partial charge is 0.0214 e. The van der Waals surface area contributed by atoms with Crippen LogP contribution in [0, 0.1) is 0 Å².